The summed E-state index contributed by atoms with van der Waals surface area (Å²) in [5.74, 6) is 1.74. The Balaban J connectivity index is 1.75. The van der Waals surface area contributed by atoms with Crippen LogP contribution in [0.3, 0.4) is 0 Å². The highest BCUT2D eigenvalue weighted by molar-refractivity contribution is 5.27. The molecule has 0 radical (unpaired) electrons. The van der Waals surface area contributed by atoms with E-state index in [1.807, 2.05) is 23.7 Å². The highest BCUT2D eigenvalue weighted by Gasteiger charge is 2.28. The topological polar surface area (TPSA) is 70.5 Å². The minimum absolute atomic E-state index is 0.0557. The van der Waals surface area contributed by atoms with E-state index in [0.29, 0.717) is 12.6 Å². The molecule has 0 unspecified atom stereocenters. The smallest absolute Gasteiger partial charge is 0.267 e. The van der Waals surface area contributed by atoms with E-state index in [9.17, 15) is 4.79 Å². The fourth-order valence-corrected chi connectivity index (χ4v) is 2.75. The van der Waals surface area contributed by atoms with E-state index in [4.69, 9.17) is 0 Å². The van der Waals surface area contributed by atoms with Crippen molar-refractivity contribution in [3.05, 3.63) is 58.8 Å². The van der Waals surface area contributed by atoms with Crippen molar-refractivity contribution in [1.82, 2.24) is 29.1 Å². The molecule has 1 saturated carbocycles. The van der Waals surface area contributed by atoms with Crippen LogP contribution >= 0.6 is 0 Å². The van der Waals surface area contributed by atoms with Crippen molar-refractivity contribution >= 4 is 0 Å². The number of rotatable bonds is 4. The van der Waals surface area contributed by atoms with Gasteiger partial charge in [-0.2, -0.15) is 0 Å². The highest BCUT2D eigenvalue weighted by Crippen LogP contribution is 2.36. The first-order valence-electron chi connectivity index (χ1n) is 7.33. The maximum atomic E-state index is 12.2. The van der Waals surface area contributed by atoms with Crippen LogP contribution in [0.4, 0.5) is 0 Å². The van der Waals surface area contributed by atoms with E-state index in [0.717, 1.165) is 30.2 Å². The lowest BCUT2D eigenvalue weighted by atomic mass is 10.4. The van der Waals surface area contributed by atoms with Gasteiger partial charge in [-0.05, 0) is 31.9 Å². The van der Waals surface area contributed by atoms with Crippen LogP contribution in [-0.2, 0) is 6.54 Å². The van der Waals surface area contributed by atoms with Crippen molar-refractivity contribution in [3.63, 3.8) is 0 Å². The number of aryl methyl sites for hydroxylation is 1. The molecule has 0 aromatic carbocycles. The maximum absolute atomic E-state index is 12.2. The predicted molar refractivity (Wildman–Crippen MR) is 80.0 cm³/mol. The molecule has 112 valence electrons. The van der Waals surface area contributed by atoms with Gasteiger partial charge in [-0.25, -0.2) is 4.68 Å². The summed E-state index contributed by atoms with van der Waals surface area (Å²) < 4.78 is 5.64. The van der Waals surface area contributed by atoms with E-state index in [1.165, 1.54) is 0 Å². The lowest BCUT2D eigenvalue weighted by molar-refractivity contribution is 0.538. The molecular formula is C15H16N6O. The Morgan fingerprint density at radius 1 is 1.18 bits per heavy atom. The van der Waals surface area contributed by atoms with Crippen molar-refractivity contribution in [3.8, 4) is 5.69 Å². The molecule has 7 heteroatoms. The molecule has 1 fully saturated rings. The van der Waals surface area contributed by atoms with Gasteiger partial charge in [0.2, 0.25) is 0 Å². The second-order valence-corrected chi connectivity index (χ2v) is 5.53. The number of pyridine rings is 1. The average molecular weight is 296 g/mol. The van der Waals surface area contributed by atoms with Crippen LogP contribution in [0.1, 0.15) is 30.5 Å². The summed E-state index contributed by atoms with van der Waals surface area (Å²) >= 11 is 0. The zero-order valence-electron chi connectivity index (χ0n) is 12.3. The molecule has 0 amide bonds. The molecule has 0 bridgehead atoms. The summed E-state index contributed by atoms with van der Waals surface area (Å²) in [7, 11) is 0. The first-order chi connectivity index (χ1) is 10.7. The lowest BCUT2D eigenvalue weighted by Crippen LogP contribution is -2.24. The zero-order valence-corrected chi connectivity index (χ0v) is 12.3. The first kappa shape index (κ1) is 13.0. The van der Waals surface area contributed by atoms with Crippen LogP contribution in [-0.4, -0.2) is 29.1 Å². The monoisotopic (exact) mass is 296 g/mol. The number of nitrogens with zero attached hydrogens (tertiary/aromatic N) is 6. The first-order valence-corrected chi connectivity index (χ1v) is 7.33. The standard InChI is InChI=1S/C15H16N6O/c1-11-17-18-14(21(11)13-2-3-13)10-20-15(22)6-9-19(20)12-4-7-16-8-5-12/h4-9,13H,2-3,10H2,1H3. The largest absolute Gasteiger partial charge is 0.311 e. The van der Waals surface area contributed by atoms with Crippen LogP contribution in [0.25, 0.3) is 5.69 Å². The van der Waals surface area contributed by atoms with Gasteiger partial charge in [-0.3, -0.25) is 14.5 Å². The van der Waals surface area contributed by atoms with Crippen molar-refractivity contribution in [2.75, 3.05) is 0 Å². The third-order valence-corrected chi connectivity index (χ3v) is 3.94. The molecule has 3 aromatic heterocycles. The molecule has 7 nitrogen and oxygen atoms in total. The molecule has 3 heterocycles. The van der Waals surface area contributed by atoms with Gasteiger partial charge in [0.1, 0.15) is 12.4 Å². The molecule has 0 saturated heterocycles. The summed E-state index contributed by atoms with van der Waals surface area (Å²) in [4.78, 5) is 16.2. The van der Waals surface area contributed by atoms with Crippen molar-refractivity contribution in [2.24, 2.45) is 0 Å². The number of hydrogen-bond donors (Lipinski definition) is 0. The second-order valence-electron chi connectivity index (χ2n) is 5.53. The Bertz CT molecular complexity index is 856. The van der Waals surface area contributed by atoms with Gasteiger partial charge in [0, 0.05) is 30.7 Å². The Hall–Kier alpha value is -2.70. The molecule has 0 spiro atoms. The molecule has 0 aliphatic heterocycles. The van der Waals surface area contributed by atoms with Crippen LogP contribution in [0, 0.1) is 6.92 Å². The van der Waals surface area contributed by atoms with Crippen molar-refractivity contribution in [2.45, 2.75) is 32.4 Å². The van der Waals surface area contributed by atoms with Gasteiger partial charge in [0.15, 0.2) is 5.82 Å². The molecular weight excluding hydrogens is 280 g/mol. The fourth-order valence-electron chi connectivity index (χ4n) is 2.75. The maximum Gasteiger partial charge on any atom is 0.267 e. The zero-order chi connectivity index (χ0) is 15.1. The molecule has 0 N–H and O–H groups in total. The normalized spacial score (nSPS) is 14.4. The Kier molecular flexibility index (Phi) is 2.92. The predicted octanol–water partition coefficient (Wildman–Crippen LogP) is 1.32. The SMILES string of the molecule is Cc1nnc(Cn2c(=O)ccn2-c2ccncc2)n1C1CC1. The molecule has 22 heavy (non-hydrogen) atoms. The number of aromatic nitrogens is 6. The van der Waals surface area contributed by atoms with Gasteiger partial charge >= 0.3 is 0 Å². The lowest BCUT2D eigenvalue weighted by Gasteiger charge is -2.12. The summed E-state index contributed by atoms with van der Waals surface area (Å²) in [6.45, 7) is 2.37. The van der Waals surface area contributed by atoms with Gasteiger partial charge in [0.05, 0.1) is 5.69 Å². The van der Waals surface area contributed by atoms with E-state index in [2.05, 4.69) is 19.7 Å². The van der Waals surface area contributed by atoms with Crippen LogP contribution in [0.5, 0.6) is 0 Å². The van der Waals surface area contributed by atoms with Gasteiger partial charge < -0.3 is 4.57 Å². The molecule has 1 aliphatic carbocycles. The van der Waals surface area contributed by atoms with Crippen molar-refractivity contribution < 1.29 is 0 Å². The minimum Gasteiger partial charge on any atom is -0.311 e. The Morgan fingerprint density at radius 2 is 1.95 bits per heavy atom. The van der Waals surface area contributed by atoms with E-state index in [-0.39, 0.29) is 5.56 Å². The average Bonchev–Trinajstić information content (AvgIpc) is 3.21. The van der Waals surface area contributed by atoms with E-state index >= 15 is 0 Å². The third-order valence-electron chi connectivity index (χ3n) is 3.94. The van der Waals surface area contributed by atoms with Crippen LogP contribution in [0.15, 0.2) is 41.6 Å². The summed E-state index contributed by atoms with van der Waals surface area (Å²) in [5, 5.41) is 8.42. The van der Waals surface area contributed by atoms with Gasteiger partial charge in [-0.1, -0.05) is 0 Å². The second kappa shape index (κ2) is 4.94. The summed E-state index contributed by atoms with van der Waals surface area (Å²) in [6.07, 6.45) is 7.50. The van der Waals surface area contributed by atoms with Crippen molar-refractivity contribution in [1.29, 1.82) is 0 Å². The Labute approximate surface area is 126 Å². The quantitative estimate of drug-likeness (QED) is 0.728. The molecule has 1 aliphatic rings. The van der Waals surface area contributed by atoms with Gasteiger partial charge in [-0.15, -0.1) is 10.2 Å². The van der Waals surface area contributed by atoms with Crippen LogP contribution in [0.2, 0.25) is 0 Å². The fraction of sp³-hybridized carbons (Fsp3) is 0.333. The summed E-state index contributed by atoms with van der Waals surface area (Å²) in [5.41, 5.74) is 0.839. The van der Waals surface area contributed by atoms with E-state index in [1.54, 1.807) is 29.3 Å². The van der Waals surface area contributed by atoms with Gasteiger partial charge in [0.25, 0.3) is 5.56 Å². The third kappa shape index (κ3) is 2.14. The Morgan fingerprint density at radius 3 is 2.68 bits per heavy atom. The molecule has 4 rings (SSSR count). The molecule has 0 atom stereocenters. The van der Waals surface area contributed by atoms with E-state index < -0.39 is 0 Å². The summed E-state index contributed by atoms with van der Waals surface area (Å²) in [6, 6.07) is 5.79. The molecule has 3 aromatic rings. The number of hydrogen-bond acceptors (Lipinski definition) is 4. The minimum atomic E-state index is -0.0557. The van der Waals surface area contributed by atoms with Crippen LogP contribution < -0.4 is 5.56 Å². The highest BCUT2D eigenvalue weighted by atomic mass is 16.1.